The molecule has 1 aliphatic rings. The number of carbonyl (C=O) groups excluding carboxylic acids is 3. The van der Waals surface area contributed by atoms with Gasteiger partial charge in [0.1, 0.15) is 17.4 Å². The summed E-state index contributed by atoms with van der Waals surface area (Å²) in [6, 6.07) is 4.94. The predicted molar refractivity (Wildman–Crippen MR) is 133 cm³/mol. The first kappa shape index (κ1) is 30.6. The number of halogens is 6. The van der Waals surface area contributed by atoms with Crippen molar-refractivity contribution in [2.45, 2.75) is 12.4 Å². The van der Waals surface area contributed by atoms with Crippen LogP contribution in [0.4, 0.5) is 26.3 Å². The van der Waals surface area contributed by atoms with Gasteiger partial charge in [0.05, 0.1) is 34.0 Å². The quantitative estimate of drug-likeness (QED) is 0.237. The lowest BCUT2D eigenvalue weighted by Gasteiger charge is -2.14. The Bertz CT molecular complexity index is 1380. The van der Waals surface area contributed by atoms with Gasteiger partial charge < -0.3 is 15.7 Å². The number of carboxylic acids is 1. The molecule has 17 heteroatoms. The van der Waals surface area contributed by atoms with Crippen molar-refractivity contribution in [3.63, 3.8) is 0 Å². The van der Waals surface area contributed by atoms with Crippen molar-refractivity contribution >= 4 is 58.1 Å². The molecular formula is C23H16F6N4O5S2. The number of aromatic nitrogens is 1. The minimum absolute atomic E-state index is 0.00266. The van der Waals surface area contributed by atoms with E-state index in [0.29, 0.717) is 12.1 Å². The summed E-state index contributed by atoms with van der Waals surface area (Å²) in [6.45, 7) is -1.79. The molecule has 1 fully saturated rings. The number of amides is 3. The van der Waals surface area contributed by atoms with E-state index in [0.717, 1.165) is 16.7 Å². The third-order valence-electron chi connectivity index (χ3n) is 4.99. The lowest BCUT2D eigenvalue weighted by Crippen LogP contribution is -2.44. The molecule has 1 aromatic heterocycles. The standard InChI is InChI=1S/C23H16F6N4O5S2/c24-22(25,26)12-4-11(5-13(6-12)23(27,28)29)15-3-1-2-14(32-15)7-16-20(38)33(21(39)40-16)10-18(35)30-8-17(34)31-9-19(36)37/h1-7H,8-10H2,(H,30,35)(H,31,34)(H,36,37). The predicted octanol–water partition coefficient (Wildman–Crippen LogP) is 3.30. The highest BCUT2D eigenvalue weighted by Gasteiger charge is 2.37. The molecule has 0 aliphatic carbocycles. The van der Waals surface area contributed by atoms with Crippen molar-refractivity contribution in [1.29, 1.82) is 0 Å². The van der Waals surface area contributed by atoms with Gasteiger partial charge in [-0.05, 0) is 36.4 Å². The summed E-state index contributed by atoms with van der Waals surface area (Å²) in [7, 11) is 0. The van der Waals surface area contributed by atoms with Crippen LogP contribution >= 0.6 is 24.0 Å². The van der Waals surface area contributed by atoms with Crippen LogP contribution in [0.15, 0.2) is 41.3 Å². The van der Waals surface area contributed by atoms with Crippen LogP contribution in [0.2, 0.25) is 0 Å². The van der Waals surface area contributed by atoms with Gasteiger partial charge in [0.2, 0.25) is 11.8 Å². The molecule has 0 spiro atoms. The van der Waals surface area contributed by atoms with Crippen LogP contribution < -0.4 is 10.6 Å². The summed E-state index contributed by atoms with van der Waals surface area (Å²) in [6.07, 6.45) is -8.88. The number of alkyl halides is 6. The molecule has 212 valence electrons. The number of thioether (sulfide) groups is 1. The molecule has 0 unspecified atom stereocenters. The van der Waals surface area contributed by atoms with Crippen molar-refractivity contribution in [3.05, 3.63) is 58.1 Å². The van der Waals surface area contributed by atoms with Crippen molar-refractivity contribution in [1.82, 2.24) is 20.5 Å². The smallest absolute Gasteiger partial charge is 0.416 e. The number of pyridine rings is 1. The highest BCUT2D eigenvalue weighted by atomic mass is 32.2. The zero-order valence-electron chi connectivity index (χ0n) is 19.7. The molecule has 2 heterocycles. The Morgan fingerprint density at radius 2 is 1.57 bits per heavy atom. The van der Waals surface area contributed by atoms with E-state index in [1.165, 1.54) is 24.3 Å². The number of rotatable bonds is 8. The molecule has 2 aromatic rings. The Balaban J connectivity index is 1.78. The Kier molecular flexibility index (Phi) is 9.19. The first-order valence-electron chi connectivity index (χ1n) is 10.8. The average molecular weight is 607 g/mol. The summed E-state index contributed by atoms with van der Waals surface area (Å²) < 4.78 is 79.4. The highest BCUT2D eigenvalue weighted by Crippen LogP contribution is 2.38. The second-order valence-electron chi connectivity index (χ2n) is 7.96. The van der Waals surface area contributed by atoms with Crippen LogP contribution in [0.3, 0.4) is 0 Å². The number of hydrogen-bond acceptors (Lipinski definition) is 7. The summed E-state index contributed by atoms with van der Waals surface area (Å²) in [5.41, 5.74) is -3.68. The maximum Gasteiger partial charge on any atom is 0.416 e. The van der Waals surface area contributed by atoms with Crippen molar-refractivity contribution in [3.8, 4) is 11.3 Å². The third-order valence-corrected chi connectivity index (χ3v) is 6.37. The van der Waals surface area contributed by atoms with E-state index in [9.17, 15) is 45.5 Å². The fraction of sp³-hybridized carbons (Fsp3) is 0.217. The van der Waals surface area contributed by atoms with Crippen molar-refractivity contribution < 1.29 is 50.6 Å². The van der Waals surface area contributed by atoms with Crippen molar-refractivity contribution in [2.75, 3.05) is 19.6 Å². The molecule has 3 rings (SSSR count). The van der Waals surface area contributed by atoms with Gasteiger partial charge in [-0.2, -0.15) is 26.3 Å². The van der Waals surface area contributed by atoms with Gasteiger partial charge in [0.25, 0.3) is 5.91 Å². The van der Waals surface area contributed by atoms with Gasteiger partial charge in [-0.1, -0.05) is 30.0 Å². The maximum absolute atomic E-state index is 13.2. The number of benzene rings is 1. The zero-order valence-corrected chi connectivity index (χ0v) is 21.4. The molecule has 0 bridgehead atoms. The summed E-state index contributed by atoms with van der Waals surface area (Å²) in [5, 5.41) is 12.7. The van der Waals surface area contributed by atoms with Crippen molar-refractivity contribution in [2.24, 2.45) is 0 Å². The number of thiocarbonyl (C=S) groups is 1. The molecule has 3 N–H and O–H groups in total. The average Bonchev–Trinajstić information content (AvgIpc) is 3.12. The van der Waals surface area contributed by atoms with Gasteiger partial charge in [0.15, 0.2) is 0 Å². The summed E-state index contributed by atoms with van der Waals surface area (Å²) >= 11 is 5.88. The van der Waals surface area contributed by atoms with E-state index in [2.05, 4.69) is 10.3 Å². The Morgan fingerprint density at radius 3 is 2.15 bits per heavy atom. The van der Waals surface area contributed by atoms with E-state index < -0.39 is 72.4 Å². The highest BCUT2D eigenvalue weighted by molar-refractivity contribution is 8.26. The lowest BCUT2D eigenvalue weighted by molar-refractivity contribution is -0.143. The maximum atomic E-state index is 13.2. The fourth-order valence-corrected chi connectivity index (χ4v) is 4.42. The molecule has 3 amide bonds. The summed E-state index contributed by atoms with van der Waals surface area (Å²) in [5.74, 6) is -3.58. The number of hydrogen-bond donors (Lipinski definition) is 3. The molecule has 1 aromatic carbocycles. The number of carbonyl (C=O) groups is 4. The second kappa shape index (κ2) is 12.0. The molecule has 0 radical (unpaired) electrons. The minimum atomic E-state index is -5.05. The SMILES string of the molecule is O=C(O)CNC(=O)CNC(=O)CN1C(=O)C(=Cc2cccc(-c3cc(C(F)(F)F)cc(C(F)(F)F)c3)n2)SC1=S. The third kappa shape index (κ3) is 8.01. The van der Waals surface area contributed by atoms with Crippen LogP contribution in [0, 0.1) is 0 Å². The van der Waals surface area contributed by atoms with Gasteiger partial charge in [0, 0.05) is 5.56 Å². The molecule has 9 nitrogen and oxygen atoms in total. The molecule has 1 aliphatic heterocycles. The topological polar surface area (TPSA) is 129 Å². The van der Waals surface area contributed by atoms with Crippen LogP contribution in [-0.2, 0) is 31.5 Å². The van der Waals surface area contributed by atoms with E-state index in [-0.39, 0.29) is 26.7 Å². The first-order valence-corrected chi connectivity index (χ1v) is 12.0. The van der Waals surface area contributed by atoms with Crippen LogP contribution in [0.1, 0.15) is 16.8 Å². The molecule has 0 atom stereocenters. The second-order valence-corrected chi connectivity index (χ2v) is 9.63. The molecule has 40 heavy (non-hydrogen) atoms. The zero-order chi connectivity index (χ0) is 29.8. The summed E-state index contributed by atoms with van der Waals surface area (Å²) in [4.78, 5) is 51.8. The number of nitrogens with zero attached hydrogens (tertiary/aromatic N) is 2. The first-order chi connectivity index (χ1) is 18.5. The Morgan fingerprint density at radius 1 is 0.975 bits per heavy atom. The number of nitrogens with one attached hydrogen (secondary N) is 2. The van der Waals surface area contributed by atoms with Gasteiger partial charge in [-0.25, -0.2) is 4.98 Å². The molecule has 0 saturated carbocycles. The molecular weight excluding hydrogens is 590 g/mol. The van der Waals surface area contributed by atoms with Crippen LogP contribution in [0.5, 0.6) is 0 Å². The minimum Gasteiger partial charge on any atom is -0.480 e. The van der Waals surface area contributed by atoms with E-state index in [1.54, 1.807) is 0 Å². The Labute approximate surface area is 230 Å². The van der Waals surface area contributed by atoms with E-state index >= 15 is 0 Å². The largest absolute Gasteiger partial charge is 0.480 e. The Hall–Kier alpha value is -3.99. The number of aliphatic carboxylic acids is 1. The van der Waals surface area contributed by atoms with Gasteiger partial charge in [-0.15, -0.1) is 0 Å². The van der Waals surface area contributed by atoms with Gasteiger partial charge >= 0.3 is 18.3 Å². The fourth-order valence-electron chi connectivity index (χ4n) is 3.18. The molecule has 1 saturated heterocycles. The monoisotopic (exact) mass is 606 g/mol. The normalized spacial score (nSPS) is 14.9. The number of carboxylic acid groups (broad SMARTS) is 1. The van der Waals surface area contributed by atoms with Crippen LogP contribution in [-0.4, -0.2) is 62.6 Å². The van der Waals surface area contributed by atoms with Gasteiger partial charge in [-0.3, -0.25) is 24.1 Å². The lowest BCUT2D eigenvalue weighted by atomic mass is 10.0. The van der Waals surface area contributed by atoms with E-state index in [1.807, 2.05) is 5.32 Å². The van der Waals surface area contributed by atoms with Crippen LogP contribution in [0.25, 0.3) is 17.3 Å². The van der Waals surface area contributed by atoms with E-state index in [4.69, 9.17) is 17.3 Å².